The van der Waals surface area contributed by atoms with E-state index in [2.05, 4.69) is 4.90 Å². The van der Waals surface area contributed by atoms with Crippen molar-refractivity contribution in [3.8, 4) is 0 Å². The Bertz CT molecular complexity index is 205. The molecule has 5 heteroatoms. The molecule has 1 rings (SSSR count). The molecular weight excluding hydrogens is 266 g/mol. The Morgan fingerprint density at radius 2 is 1.79 bits per heavy atom. The van der Waals surface area contributed by atoms with Crippen LogP contribution in [0, 0.1) is 0 Å². The summed E-state index contributed by atoms with van der Waals surface area (Å²) in [5, 5.41) is 0. The Hall–Kier alpha value is 0.130. The second-order valence-corrected chi connectivity index (χ2v) is 5.26. The number of nitrogens with zero attached hydrogens (tertiary/aromatic N) is 1. The van der Waals surface area contributed by atoms with Crippen molar-refractivity contribution >= 4 is 11.6 Å². The Balaban J connectivity index is 1.97. The van der Waals surface area contributed by atoms with E-state index in [4.69, 9.17) is 25.8 Å². The molecule has 4 nitrogen and oxygen atoms in total. The van der Waals surface area contributed by atoms with Gasteiger partial charge in [0, 0.05) is 25.6 Å². The molecule has 1 heterocycles. The summed E-state index contributed by atoms with van der Waals surface area (Å²) in [4.78, 5) is 2.53. The molecule has 1 fully saturated rings. The van der Waals surface area contributed by atoms with Gasteiger partial charge in [0.2, 0.25) is 0 Å². The quantitative estimate of drug-likeness (QED) is 0.431. The van der Waals surface area contributed by atoms with Gasteiger partial charge in [-0.05, 0) is 25.8 Å². The fourth-order valence-corrected chi connectivity index (χ4v) is 2.71. The van der Waals surface area contributed by atoms with Gasteiger partial charge in [-0.2, -0.15) is 0 Å². The molecule has 0 aromatic heterocycles. The highest BCUT2D eigenvalue weighted by atomic mass is 35.5. The predicted molar refractivity (Wildman–Crippen MR) is 78.1 cm³/mol. The van der Waals surface area contributed by atoms with Crippen LogP contribution in [0.4, 0.5) is 0 Å². The first-order chi connectivity index (χ1) is 9.38. The molecule has 19 heavy (non-hydrogen) atoms. The topological polar surface area (TPSA) is 30.9 Å². The lowest BCUT2D eigenvalue weighted by molar-refractivity contribution is 0.0136. The van der Waals surface area contributed by atoms with Gasteiger partial charge in [0.25, 0.3) is 0 Å². The van der Waals surface area contributed by atoms with Crippen molar-refractivity contribution in [2.24, 2.45) is 0 Å². The van der Waals surface area contributed by atoms with Gasteiger partial charge in [0.05, 0.1) is 33.0 Å². The van der Waals surface area contributed by atoms with Crippen molar-refractivity contribution in [1.82, 2.24) is 4.90 Å². The summed E-state index contributed by atoms with van der Waals surface area (Å²) in [6.45, 7) is 5.59. The van der Waals surface area contributed by atoms with Gasteiger partial charge in [0.15, 0.2) is 0 Å². The highest BCUT2D eigenvalue weighted by Gasteiger charge is 2.20. The van der Waals surface area contributed by atoms with E-state index in [1.165, 1.54) is 25.8 Å². The smallest absolute Gasteiger partial charge is 0.0701 e. The van der Waals surface area contributed by atoms with Crippen molar-refractivity contribution in [2.45, 2.75) is 31.7 Å². The van der Waals surface area contributed by atoms with E-state index in [1.807, 2.05) is 0 Å². The molecule has 114 valence electrons. The van der Waals surface area contributed by atoms with E-state index >= 15 is 0 Å². The van der Waals surface area contributed by atoms with Crippen molar-refractivity contribution in [2.75, 3.05) is 59.1 Å². The molecular formula is C14H28ClNO3. The lowest BCUT2D eigenvalue weighted by Gasteiger charge is -2.35. The number of methoxy groups -OCH3 is 1. The lowest BCUT2D eigenvalue weighted by atomic mass is 10.0. The third-order valence-corrected chi connectivity index (χ3v) is 3.74. The van der Waals surface area contributed by atoms with E-state index in [-0.39, 0.29) is 0 Å². The Kier molecular flexibility index (Phi) is 10.8. The zero-order chi connectivity index (χ0) is 13.8. The highest BCUT2D eigenvalue weighted by Crippen LogP contribution is 2.19. The molecule has 1 aliphatic heterocycles. The first-order valence-electron chi connectivity index (χ1n) is 7.33. The van der Waals surface area contributed by atoms with Crippen LogP contribution in [-0.4, -0.2) is 70.1 Å². The fourth-order valence-electron chi connectivity index (χ4n) is 2.45. The van der Waals surface area contributed by atoms with Crippen molar-refractivity contribution in [1.29, 1.82) is 0 Å². The molecule has 1 unspecified atom stereocenters. The number of likely N-dealkylation sites (tertiary alicyclic amines) is 1. The maximum Gasteiger partial charge on any atom is 0.0701 e. The third kappa shape index (κ3) is 8.10. The van der Waals surface area contributed by atoms with E-state index in [1.54, 1.807) is 7.11 Å². The highest BCUT2D eigenvalue weighted by molar-refractivity contribution is 6.17. The van der Waals surface area contributed by atoms with Gasteiger partial charge >= 0.3 is 0 Å². The molecule has 1 aliphatic rings. The van der Waals surface area contributed by atoms with Crippen LogP contribution in [0.5, 0.6) is 0 Å². The minimum atomic E-state index is 0.643. The van der Waals surface area contributed by atoms with Crippen LogP contribution >= 0.6 is 11.6 Å². The fraction of sp³-hybridized carbons (Fsp3) is 1.00. The third-order valence-electron chi connectivity index (χ3n) is 3.52. The summed E-state index contributed by atoms with van der Waals surface area (Å²) in [5.74, 6) is 0.759. The maximum atomic E-state index is 5.86. The molecule has 0 N–H and O–H groups in total. The largest absolute Gasteiger partial charge is 0.382 e. The monoisotopic (exact) mass is 293 g/mol. The van der Waals surface area contributed by atoms with Crippen LogP contribution in [-0.2, 0) is 14.2 Å². The summed E-state index contributed by atoms with van der Waals surface area (Å²) < 4.78 is 15.8. The minimum Gasteiger partial charge on any atom is -0.382 e. The van der Waals surface area contributed by atoms with Gasteiger partial charge < -0.3 is 14.2 Å². The summed E-state index contributed by atoms with van der Waals surface area (Å²) in [5.41, 5.74) is 0. The molecule has 0 bridgehead atoms. The van der Waals surface area contributed by atoms with Gasteiger partial charge in [-0.15, -0.1) is 11.6 Å². The zero-order valence-electron chi connectivity index (χ0n) is 12.1. The predicted octanol–water partition coefficient (Wildman–Crippen LogP) is 2.15. The Labute approximate surface area is 122 Å². The number of halogens is 1. The average Bonchev–Trinajstić information content (AvgIpc) is 2.44. The standard InChI is InChI=1S/C14H28ClNO3/c1-17-10-11-19-13-12-18-9-8-16-7-3-2-4-14(16)5-6-15/h14H,2-13H2,1H3. The molecule has 1 saturated heterocycles. The number of rotatable bonds is 11. The summed E-state index contributed by atoms with van der Waals surface area (Å²) in [7, 11) is 1.68. The number of piperidine rings is 1. The molecule has 0 aromatic carbocycles. The van der Waals surface area contributed by atoms with Gasteiger partial charge in [0.1, 0.15) is 0 Å². The SMILES string of the molecule is COCCOCCOCCN1CCCCC1CCCl. The number of hydrogen-bond donors (Lipinski definition) is 0. The second kappa shape index (κ2) is 11.9. The first-order valence-corrected chi connectivity index (χ1v) is 7.86. The van der Waals surface area contributed by atoms with Crippen molar-refractivity contribution in [3.05, 3.63) is 0 Å². The lowest BCUT2D eigenvalue weighted by Crippen LogP contribution is -2.41. The van der Waals surface area contributed by atoms with Crippen LogP contribution < -0.4 is 0 Å². The molecule has 1 atom stereocenters. The molecule has 0 saturated carbocycles. The summed E-state index contributed by atoms with van der Waals surface area (Å²) >= 11 is 5.86. The first kappa shape index (κ1) is 17.2. The second-order valence-electron chi connectivity index (χ2n) is 4.88. The number of hydrogen-bond acceptors (Lipinski definition) is 4. The Morgan fingerprint density at radius 1 is 1.05 bits per heavy atom. The Morgan fingerprint density at radius 3 is 2.53 bits per heavy atom. The van der Waals surface area contributed by atoms with Crippen LogP contribution in [0.25, 0.3) is 0 Å². The molecule has 0 aromatic rings. The number of alkyl halides is 1. The normalized spacial score (nSPS) is 20.8. The van der Waals surface area contributed by atoms with Crippen molar-refractivity contribution in [3.63, 3.8) is 0 Å². The van der Waals surface area contributed by atoms with E-state index in [0.717, 1.165) is 25.5 Å². The van der Waals surface area contributed by atoms with E-state index < -0.39 is 0 Å². The minimum absolute atomic E-state index is 0.643. The molecule has 0 aliphatic carbocycles. The van der Waals surface area contributed by atoms with Crippen LogP contribution in [0.1, 0.15) is 25.7 Å². The van der Waals surface area contributed by atoms with Gasteiger partial charge in [-0.25, -0.2) is 0 Å². The maximum absolute atomic E-state index is 5.86. The van der Waals surface area contributed by atoms with Crippen LogP contribution in [0.15, 0.2) is 0 Å². The van der Waals surface area contributed by atoms with Gasteiger partial charge in [-0.3, -0.25) is 4.90 Å². The van der Waals surface area contributed by atoms with E-state index in [0.29, 0.717) is 32.5 Å². The molecule has 0 amide bonds. The summed E-state index contributed by atoms with van der Waals surface area (Å²) in [6.07, 6.45) is 5.03. The van der Waals surface area contributed by atoms with Gasteiger partial charge in [-0.1, -0.05) is 6.42 Å². The van der Waals surface area contributed by atoms with Crippen LogP contribution in [0.2, 0.25) is 0 Å². The zero-order valence-corrected chi connectivity index (χ0v) is 12.9. The van der Waals surface area contributed by atoms with E-state index in [9.17, 15) is 0 Å². The molecule has 0 spiro atoms. The average molecular weight is 294 g/mol. The number of ether oxygens (including phenoxy) is 3. The molecule has 0 radical (unpaired) electrons. The van der Waals surface area contributed by atoms with Crippen LogP contribution in [0.3, 0.4) is 0 Å². The summed E-state index contributed by atoms with van der Waals surface area (Å²) in [6, 6.07) is 0.660. The van der Waals surface area contributed by atoms with Crippen molar-refractivity contribution < 1.29 is 14.2 Å².